The van der Waals surface area contributed by atoms with Gasteiger partial charge in [0.15, 0.2) is 5.82 Å². The van der Waals surface area contributed by atoms with Gasteiger partial charge in [-0.15, -0.1) is 4.99 Å². The molecule has 2 aromatic rings. The van der Waals surface area contributed by atoms with E-state index in [1.807, 2.05) is 0 Å². The maximum Gasteiger partial charge on any atom is 0.242 e. The second-order valence-electron chi connectivity index (χ2n) is 3.24. The van der Waals surface area contributed by atoms with E-state index in [9.17, 15) is 9.18 Å². The molecule has 0 saturated heterocycles. The summed E-state index contributed by atoms with van der Waals surface area (Å²) in [5, 5.41) is 4.15. The molecule has 0 aliphatic rings. The van der Waals surface area contributed by atoms with Crippen LogP contribution in [0.5, 0.6) is 0 Å². The number of hydrogen-bond donors (Lipinski definition) is 0. The standard InChI is InChI=1S/C11H8FN3O/c1-8-6-11(13-7-16)15(14-8)10-4-2-9(12)3-5-10/h2-6H,1H3. The van der Waals surface area contributed by atoms with Gasteiger partial charge in [0.25, 0.3) is 0 Å². The number of rotatable bonds is 2. The van der Waals surface area contributed by atoms with Crippen molar-refractivity contribution in [2.75, 3.05) is 0 Å². The second-order valence-corrected chi connectivity index (χ2v) is 3.24. The molecule has 0 N–H and O–H groups in total. The molecule has 1 heterocycles. The monoisotopic (exact) mass is 217 g/mol. The molecule has 80 valence electrons. The van der Waals surface area contributed by atoms with Gasteiger partial charge in [0, 0.05) is 6.07 Å². The number of aryl methyl sites for hydroxylation is 1. The van der Waals surface area contributed by atoms with Gasteiger partial charge in [0.2, 0.25) is 6.08 Å². The van der Waals surface area contributed by atoms with Crippen LogP contribution in [0.3, 0.4) is 0 Å². The zero-order valence-electron chi connectivity index (χ0n) is 8.51. The zero-order chi connectivity index (χ0) is 11.5. The van der Waals surface area contributed by atoms with Gasteiger partial charge in [-0.3, -0.25) is 0 Å². The van der Waals surface area contributed by atoms with E-state index in [2.05, 4.69) is 10.1 Å². The van der Waals surface area contributed by atoms with Crippen LogP contribution in [0.25, 0.3) is 5.69 Å². The number of carbonyl (C=O) groups excluding carboxylic acids is 1. The summed E-state index contributed by atoms with van der Waals surface area (Å²) < 4.78 is 14.2. The van der Waals surface area contributed by atoms with Crippen molar-refractivity contribution >= 4 is 11.9 Å². The van der Waals surface area contributed by atoms with Gasteiger partial charge >= 0.3 is 0 Å². The predicted octanol–water partition coefficient (Wildman–Crippen LogP) is 2.29. The van der Waals surface area contributed by atoms with Crippen LogP contribution >= 0.6 is 0 Å². The highest BCUT2D eigenvalue weighted by Crippen LogP contribution is 2.19. The molecule has 0 unspecified atom stereocenters. The molecule has 0 aliphatic heterocycles. The number of aromatic nitrogens is 2. The summed E-state index contributed by atoms with van der Waals surface area (Å²) in [5.74, 6) is 0.0483. The van der Waals surface area contributed by atoms with Crippen LogP contribution in [0.15, 0.2) is 35.3 Å². The summed E-state index contributed by atoms with van der Waals surface area (Å²) in [6, 6.07) is 7.41. The van der Waals surface area contributed by atoms with Crippen LogP contribution in [0, 0.1) is 12.7 Å². The normalized spacial score (nSPS) is 9.88. The minimum atomic E-state index is -0.326. The first kappa shape index (κ1) is 10.3. The molecule has 5 heteroatoms. The summed E-state index contributed by atoms with van der Waals surface area (Å²) in [5.41, 5.74) is 1.36. The Morgan fingerprint density at radius 1 is 1.38 bits per heavy atom. The number of benzene rings is 1. The summed E-state index contributed by atoms with van der Waals surface area (Å²) in [7, 11) is 0. The molecule has 1 aromatic carbocycles. The molecule has 0 amide bonds. The lowest BCUT2D eigenvalue weighted by Gasteiger charge is -2.02. The van der Waals surface area contributed by atoms with E-state index in [0.29, 0.717) is 11.5 Å². The van der Waals surface area contributed by atoms with Crippen molar-refractivity contribution in [1.82, 2.24) is 9.78 Å². The lowest BCUT2D eigenvalue weighted by atomic mass is 10.3. The molecule has 4 nitrogen and oxygen atoms in total. The SMILES string of the molecule is Cc1cc(N=C=O)n(-c2ccc(F)cc2)n1. The highest BCUT2D eigenvalue weighted by atomic mass is 19.1. The fraction of sp³-hybridized carbons (Fsp3) is 0.0909. The highest BCUT2D eigenvalue weighted by Gasteiger charge is 2.06. The van der Waals surface area contributed by atoms with Crippen molar-refractivity contribution in [3.05, 3.63) is 41.8 Å². The van der Waals surface area contributed by atoms with Crippen LogP contribution in [-0.4, -0.2) is 15.9 Å². The zero-order valence-corrected chi connectivity index (χ0v) is 8.51. The van der Waals surface area contributed by atoms with E-state index < -0.39 is 0 Å². The third-order valence-corrected chi connectivity index (χ3v) is 2.04. The molecule has 0 atom stereocenters. The van der Waals surface area contributed by atoms with E-state index in [-0.39, 0.29) is 5.82 Å². The van der Waals surface area contributed by atoms with Crippen molar-refractivity contribution < 1.29 is 9.18 Å². The molecule has 2 rings (SSSR count). The Morgan fingerprint density at radius 2 is 2.06 bits per heavy atom. The summed E-state index contributed by atoms with van der Waals surface area (Å²) >= 11 is 0. The first-order valence-electron chi connectivity index (χ1n) is 4.61. The highest BCUT2D eigenvalue weighted by molar-refractivity contribution is 5.49. The molecule has 0 aliphatic carbocycles. The van der Waals surface area contributed by atoms with E-state index in [1.165, 1.54) is 22.9 Å². The molecule has 16 heavy (non-hydrogen) atoms. The number of hydrogen-bond acceptors (Lipinski definition) is 3. The van der Waals surface area contributed by atoms with Gasteiger partial charge in [-0.2, -0.15) is 5.10 Å². The lowest BCUT2D eigenvalue weighted by Crippen LogP contribution is -1.96. The van der Waals surface area contributed by atoms with E-state index in [1.54, 1.807) is 25.1 Å². The predicted molar refractivity (Wildman–Crippen MR) is 56.0 cm³/mol. The van der Waals surface area contributed by atoms with Gasteiger partial charge in [0.05, 0.1) is 11.4 Å². The van der Waals surface area contributed by atoms with Crippen molar-refractivity contribution in [3.63, 3.8) is 0 Å². The number of nitrogens with zero attached hydrogens (tertiary/aromatic N) is 3. The van der Waals surface area contributed by atoms with Crippen LogP contribution < -0.4 is 0 Å². The quantitative estimate of drug-likeness (QED) is 0.572. The number of isocyanates is 1. The molecule has 0 fully saturated rings. The van der Waals surface area contributed by atoms with Crippen LogP contribution in [-0.2, 0) is 4.79 Å². The first-order chi connectivity index (χ1) is 7.70. The van der Waals surface area contributed by atoms with Gasteiger partial charge in [0.1, 0.15) is 5.82 Å². The Bertz CT molecular complexity index is 553. The summed E-state index contributed by atoms with van der Waals surface area (Å²) in [4.78, 5) is 13.8. The van der Waals surface area contributed by atoms with Gasteiger partial charge in [-0.05, 0) is 31.2 Å². The molecule has 0 bridgehead atoms. The molecule has 0 radical (unpaired) electrons. The lowest BCUT2D eigenvalue weighted by molar-refractivity contribution is 0.565. The van der Waals surface area contributed by atoms with Gasteiger partial charge in [-0.25, -0.2) is 13.9 Å². The minimum Gasteiger partial charge on any atom is -0.214 e. The minimum absolute atomic E-state index is 0.326. The Labute approximate surface area is 91.0 Å². The average Bonchev–Trinajstić information content (AvgIpc) is 2.61. The number of aliphatic imine (C=N–C) groups is 1. The molecule has 0 saturated carbocycles. The number of halogens is 1. The van der Waals surface area contributed by atoms with Gasteiger partial charge < -0.3 is 0 Å². The van der Waals surface area contributed by atoms with Crippen LogP contribution in [0.4, 0.5) is 10.2 Å². The van der Waals surface area contributed by atoms with Crippen molar-refractivity contribution in [3.8, 4) is 5.69 Å². The smallest absolute Gasteiger partial charge is 0.214 e. The van der Waals surface area contributed by atoms with Crippen LogP contribution in [0.1, 0.15) is 5.69 Å². The maximum absolute atomic E-state index is 12.7. The molecule has 0 spiro atoms. The average molecular weight is 217 g/mol. The van der Waals surface area contributed by atoms with Crippen molar-refractivity contribution in [2.24, 2.45) is 4.99 Å². The van der Waals surface area contributed by atoms with Crippen molar-refractivity contribution in [1.29, 1.82) is 0 Å². The fourth-order valence-electron chi connectivity index (χ4n) is 1.38. The topological polar surface area (TPSA) is 47.2 Å². The second kappa shape index (κ2) is 4.08. The first-order valence-corrected chi connectivity index (χ1v) is 4.61. The van der Waals surface area contributed by atoms with Gasteiger partial charge in [-0.1, -0.05) is 0 Å². The van der Waals surface area contributed by atoms with E-state index in [0.717, 1.165) is 5.69 Å². The molecule has 1 aromatic heterocycles. The third kappa shape index (κ3) is 1.89. The molecular formula is C11H8FN3O. The Kier molecular flexibility index (Phi) is 2.62. The van der Waals surface area contributed by atoms with Crippen molar-refractivity contribution in [2.45, 2.75) is 6.92 Å². The fourth-order valence-corrected chi connectivity index (χ4v) is 1.38. The molecular weight excluding hydrogens is 209 g/mol. The summed E-state index contributed by atoms with van der Waals surface area (Å²) in [6.45, 7) is 1.78. The Morgan fingerprint density at radius 3 is 2.69 bits per heavy atom. The Balaban J connectivity index is 2.54. The third-order valence-electron chi connectivity index (χ3n) is 2.04. The summed E-state index contributed by atoms with van der Waals surface area (Å²) in [6.07, 6.45) is 1.46. The largest absolute Gasteiger partial charge is 0.242 e. The van der Waals surface area contributed by atoms with E-state index in [4.69, 9.17) is 0 Å². The Hall–Kier alpha value is -2.26. The maximum atomic E-state index is 12.7. The van der Waals surface area contributed by atoms with Crippen LogP contribution in [0.2, 0.25) is 0 Å². The van der Waals surface area contributed by atoms with E-state index >= 15 is 0 Å².